The number of carbonyl (C=O) groups excluding carboxylic acids is 1. The number of hydrazone groups is 1. The number of benzene rings is 2. The first-order chi connectivity index (χ1) is 12.1. The number of nitrogens with one attached hydrogen (secondary N) is 1. The Morgan fingerprint density at radius 1 is 1.32 bits per heavy atom. The van der Waals surface area contributed by atoms with Crippen molar-refractivity contribution in [3.8, 4) is 23.0 Å². The highest BCUT2D eigenvalue weighted by Crippen LogP contribution is 2.39. The van der Waals surface area contributed by atoms with Gasteiger partial charge in [0.05, 0.1) is 18.9 Å². The van der Waals surface area contributed by atoms with Gasteiger partial charge in [-0.05, 0) is 30.3 Å². The number of phenolic OH excluding ortho intramolecular Hbond substituents is 1. The van der Waals surface area contributed by atoms with Crippen molar-refractivity contribution >= 4 is 23.7 Å². The number of aromatic hydroxyl groups is 1. The van der Waals surface area contributed by atoms with Gasteiger partial charge in [0.2, 0.25) is 5.75 Å². The van der Waals surface area contributed by atoms with E-state index >= 15 is 0 Å². The lowest BCUT2D eigenvalue weighted by atomic mass is 10.2. The first-order valence-electron chi connectivity index (χ1n) is 7.38. The zero-order valence-corrected chi connectivity index (χ0v) is 14.0. The van der Waals surface area contributed by atoms with E-state index in [4.69, 9.17) is 25.8 Å². The molecule has 7 nitrogen and oxygen atoms in total. The second-order valence-corrected chi connectivity index (χ2v) is 5.54. The lowest BCUT2D eigenvalue weighted by Gasteiger charge is -2.20. The van der Waals surface area contributed by atoms with Crippen molar-refractivity contribution in [1.82, 2.24) is 5.43 Å². The number of halogens is 1. The van der Waals surface area contributed by atoms with Crippen LogP contribution in [0.1, 0.15) is 15.9 Å². The number of phenols is 1. The third kappa shape index (κ3) is 3.77. The normalized spacial score (nSPS) is 12.9. The van der Waals surface area contributed by atoms with Gasteiger partial charge < -0.3 is 19.3 Å². The summed E-state index contributed by atoms with van der Waals surface area (Å²) in [6, 6.07) is 7.61. The molecule has 0 saturated carbocycles. The first kappa shape index (κ1) is 16.9. The lowest BCUT2D eigenvalue weighted by molar-refractivity contribution is 0.0952. The van der Waals surface area contributed by atoms with Crippen LogP contribution in [0.3, 0.4) is 0 Å². The Balaban J connectivity index is 1.76. The molecule has 0 spiro atoms. The number of methoxy groups -OCH3 is 1. The van der Waals surface area contributed by atoms with Crippen LogP contribution < -0.4 is 19.6 Å². The van der Waals surface area contributed by atoms with Gasteiger partial charge in [0.1, 0.15) is 19.0 Å². The van der Waals surface area contributed by atoms with Crippen molar-refractivity contribution in [2.45, 2.75) is 0 Å². The second kappa shape index (κ2) is 7.31. The van der Waals surface area contributed by atoms with Gasteiger partial charge in [-0.1, -0.05) is 11.6 Å². The summed E-state index contributed by atoms with van der Waals surface area (Å²) >= 11 is 5.82. The maximum absolute atomic E-state index is 12.1. The summed E-state index contributed by atoms with van der Waals surface area (Å²) < 4.78 is 16.3. The highest BCUT2D eigenvalue weighted by molar-refractivity contribution is 6.31. The van der Waals surface area contributed by atoms with Gasteiger partial charge in [0.15, 0.2) is 11.5 Å². The number of rotatable bonds is 4. The summed E-state index contributed by atoms with van der Waals surface area (Å²) in [5.74, 6) is 0.834. The Bertz CT molecular complexity index is 821. The van der Waals surface area contributed by atoms with Crippen molar-refractivity contribution < 1.29 is 24.1 Å². The Morgan fingerprint density at radius 2 is 2.12 bits per heavy atom. The number of fused-ring (bicyclic) bond motifs is 1. The molecular formula is C17H15ClN2O5. The molecule has 0 fully saturated rings. The highest BCUT2D eigenvalue weighted by Gasteiger charge is 2.18. The van der Waals surface area contributed by atoms with E-state index < -0.39 is 5.91 Å². The molecule has 0 bridgehead atoms. The van der Waals surface area contributed by atoms with Gasteiger partial charge in [0.25, 0.3) is 5.91 Å². The SMILES string of the molecule is COc1cc(/C=N\NC(=O)c2cc(Cl)ccc2O)cc2c1OCCO2. The fourth-order valence-corrected chi connectivity index (χ4v) is 2.46. The van der Waals surface area contributed by atoms with Crippen LogP contribution in [0.15, 0.2) is 35.4 Å². The number of nitrogens with zero attached hydrogens (tertiary/aromatic N) is 1. The smallest absolute Gasteiger partial charge is 0.275 e. The largest absolute Gasteiger partial charge is 0.507 e. The van der Waals surface area contributed by atoms with Crippen LogP contribution in [0.25, 0.3) is 0 Å². The van der Waals surface area contributed by atoms with Crippen LogP contribution in [0.4, 0.5) is 0 Å². The fraction of sp³-hybridized carbons (Fsp3) is 0.176. The summed E-state index contributed by atoms with van der Waals surface area (Å²) in [6.45, 7) is 0.900. The molecule has 2 N–H and O–H groups in total. The number of amides is 1. The van der Waals surface area contributed by atoms with Gasteiger partial charge in [-0.15, -0.1) is 0 Å². The Labute approximate surface area is 148 Å². The molecule has 8 heteroatoms. The van der Waals surface area contributed by atoms with E-state index in [1.54, 1.807) is 12.1 Å². The van der Waals surface area contributed by atoms with Crippen molar-refractivity contribution in [2.75, 3.05) is 20.3 Å². The fourth-order valence-electron chi connectivity index (χ4n) is 2.28. The molecule has 130 valence electrons. The third-order valence-electron chi connectivity index (χ3n) is 3.43. The van der Waals surface area contributed by atoms with Gasteiger partial charge in [0, 0.05) is 10.6 Å². The molecule has 1 aliphatic rings. The molecule has 0 radical (unpaired) electrons. The predicted octanol–water partition coefficient (Wildman–Crippen LogP) is 2.59. The first-order valence-corrected chi connectivity index (χ1v) is 7.76. The molecule has 1 aliphatic heterocycles. The summed E-state index contributed by atoms with van der Waals surface area (Å²) in [4.78, 5) is 12.1. The van der Waals surface area contributed by atoms with Crippen LogP contribution in [-0.4, -0.2) is 37.6 Å². The minimum Gasteiger partial charge on any atom is -0.507 e. The Hall–Kier alpha value is -2.93. The molecule has 0 atom stereocenters. The minimum atomic E-state index is -0.583. The van der Waals surface area contributed by atoms with Crippen LogP contribution in [0.5, 0.6) is 23.0 Å². The molecule has 2 aromatic carbocycles. The van der Waals surface area contributed by atoms with E-state index in [-0.39, 0.29) is 11.3 Å². The molecule has 0 unspecified atom stereocenters. The van der Waals surface area contributed by atoms with Gasteiger partial charge in [-0.25, -0.2) is 5.43 Å². The minimum absolute atomic E-state index is 0.0319. The van der Waals surface area contributed by atoms with Crippen LogP contribution in [0, 0.1) is 0 Å². The Kier molecular flexibility index (Phi) is 4.95. The topological polar surface area (TPSA) is 89.4 Å². The zero-order chi connectivity index (χ0) is 17.8. The van der Waals surface area contributed by atoms with Crippen LogP contribution in [0.2, 0.25) is 5.02 Å². The summed E-state index contributed by atoms with van der Waals surface area (Å²) in [7, 11) is 1.53. The van der Waals surface area contributed by atoms with Crippen molar-refractivity contribution in [3.63, 3.8) is 0 Å². The Morgan fingerprint density at radius 3 is 2.92 bits per heavy atom. The number of hydrogen-bond acceptors (Lipinski definition) is 6. The molecule has 0 aromatic heterocycles. The van der Waals surface area contributed by atoms with E-state index in [0.717, 1.165) is 0 Å². The lowest BCUT2D eigenvalue weighted by Crippen LogP contribution is -2.18. The molecular weight excluding hydrogens is 348 g/mol. The summed E-state index contributed by atoms with van der Waals surface area (Å²) in [5, 5.41) is 13.9. The average Bonchev–Trinajstić information content (AvgIpc) is 2.62. The molecule has 2 aromatic rings. The molecule has 1 heterocycles. The van der Waals surface area contributed by atoms with Crippen LogP contribution >= 0.6 is 11.6 Å². The van der Waals surface area contributed by atoms with Crippen molar-refractivity contribution in [1.29, 1.82) is 0 Å². The quantitative estimate of drug-likeness (QED) is 0.644. The monoisotopic (exact) mass is 362 g/mol. The van der Waals surface area contributed by atoms with E-state index in [2.05, 4.69) is 10.5 Å². The molecule has 0 saturated heterocycles. The van der Waals surface area contributed by atoms with Crippen LogP contribution in [-0.2, 0) is 0 Å². The van der Waals surface area contributed by atoms with Gasteiger partial charge >= 0.3 is 0 Å². The number of hydrogen-bond donors (Lipinski definition) is 2. The van der Waals surface area contributed by atoms with E-state index in [9.17, 15) is 9.90 Å². The van der Waals surface area contributed by atoms with E-state index in [1.165, 1.54) is 31.5 Å². The second-order valence-electron chi connectivity index (χ2n) is 5.11. The van der Waals surface area contributed by atoms with Crippen molar-refractivity contribution in [3.05, 3.63) is 46.5 Å². The molecule has 0 aliphatic carbocycles. The van der Waals surface area contributed by atoms with E-state index in [1.807, 2.05) is 0 Å². The van der Waals surface area contributed by atoms with Crippen molar-refractivity contribution in [2.24, 2.45) is 5.10 Å². The molecule has 25 heavy (non-hydrogen) atoms. The molecule has 3 rings (SSSR count). The maximum atomic E-state index is 12.1. The highest BCUT2D eigenvalue weighted by atomic mass is 35.5. The number of ether oxygens (including phenoxy) is 3. The maximum Gasteiger partial charge on any atom is 0.275 e. The summed E-state index contributed by atoms with van der Waals surface area (Å²) in [6.07, 6.45) is 1.43. The zero-order valence-electron chi connectivity index (χ0n) is 13.3. The molecule has 1 amide bonds. The summed E-state index contributed by atoms with van der Waals surface area (Å²) in [5.41, 5.74) is 3.01. The van der Waals surface area contributed by atoms with E-state index in [0.29, 0.717) is 41.0 Å². The third-order valence-corrected chi connectivity index (χ3v) is 3.67. The van der Waals surface area contributed by atoms with Gasteiger partial charge in [-0.2, -0.15) is 5.10 Å². The number of carbonyl (C=O) groups is 1. The predicted molar refractivity (Wildman–Crippen MR) is 92.2 cm³/mol. The van der Waals surface area contributed by atoms with Gasteiger partial charge in [-0.3, -0.25) is 4.79 Å². The average molecular weight is 363 g/mol. The standard InChI is InChI=1S/C17H15ClN2O5/c1-23-14-6-10(7-15-16(14)25-5-4-24-15)9-19-20-17(22)12-8-11(18)2-3-13(12)21/h2-3,6-9,21H,4-5H2,1H3,(H,20,22)/b19-9-.